The van der Waals surface area contributed by atoms with Crippen molar-refractivity contribution in [3.05, 3.63) is 65.9 Å². The summed E-state index contributed by atoms with van der Waals surface area (Å²) >= 11 is 0. The number of hydrogen-bond donors (Lipinski definition) is 0. The van der Waals surface area contributed by atoms with Crippen LogP contribution in [0.15, 0.2) is 60.3 Å². The molecule has 3 fully saturated rings. The molecule has 3 heterocycles. The molecule has 134 valence electrons. The number of ether oxygens (including phenoxy) is 2. The highest BCUT2D eigenvalue weighted by molar-refractivity contribution is 6.01. The Hall–Kier alpha value is -2.75. The highest BCUT2D eigenvalue weighted by Crippen LogP contribution is 2.32. The average molecular weight is 349 g/mol. The van der Waals surface area contributed by atoms with Crippen LogP contribution in [0.1, 0.15) is 18.4 Å². The minimum absolute atomic E-state index is 0.235. The summed E-state index contributed by atoms with van der Waals surface area (Å²) in [6, 6.07) is 17.6. The first-order valence-corrected chi connectivity index (χ1v) is 9.21. The van der Waals surface area contributed by atoms with Crippen molar-refractivity contribution in [3.8, 4) is 11.5 Å². The molecule has 0 saturated carbocycles. The number of carbonyl (C=O) groups excluding carboxylic acids is 1. The monoisotopic (exact) mass is 349 g/mol. The van der Waals surface area contributed by atoms with Gasteiger partial charge >= 0.3 is 0 Å². The zero-order chi connectivity index (χ0) is 17.8. The van der Waals surface area contributed by atoms with E-state index in [-0.39, 0.29) is 5.92 Å². The van der Waals surface area contributed by atoms with Crippen LogP contribution in [-0.4, -0.2) is 37.0 Å². The van der Waals surface area contributed by atoms with Gasteiger partial charge in [0.05, 0.1) is 5.70 Å². The lowest BCUT2D eigenvalue weighted by molar-refractivity contribution is -0.125. The maximum absolute atomic E-state index is 12.4. The van der Waals surface area contributed by atoms with E-state index in [0.717, 1.165) is 48.7 Å². The summed E-state index contributed by atoms with van der Waals surface area (Å²) in [5.41, 5.74) is 1.91. The minimum Gasteiger partial charge on any atom is -0.490 e. The van der Waals surface area contributed by atoms with Crippen molar-refractivity contribution in [1.82, 2.24) is 4.90 Å². The lowest BCUT2D eigenvalue weighted by Gasteiger charge is -2.41. The van der Waals surface area contributed by atoms with Gasteiger partial charge in [0.25, 0.3) is 0 Å². The van der Waals surface area contributed by atoms with Crippen LogP contribution < -0.4 is 9.47 Å². The van der Waals surface area contributed by atoms with Crippen LogP contribution in [-0.2, 0) is 4.79 Å². The van der Waals surface area contributed by atoms with Crippen LogP contribution in [0.25, 0.3) is 6.08 Å². The molecule has 26 heavy (non-hydrogen) atoms. The van der Waals surface area contributed by atoms with E-state index < -0.39 is 0 Å². The first-order chi connectivity index (χ1) is 12.8. The van der Waals surface area contributed by atoms with Crippen molar-refractivity contribution < 1.29 is 14.3 Å². The fraction of sp³-hybridized carbons (Fsp3) is 0.318. The molecule has 4 heteroatoms. The Morgan fingerprint density at radius 2 is 1.50 bits per heavy atom. The van der Waals surface area contributed by atoms with Gasteiger partial charge in [-0.15, -0.1) is 0 Å². The van der Waals surface area contributed by atoms with E-state index in [1.807, 2.05) is 60.7 Å². The molecular formula is C22H23NO3. The third-order valence-corrected chi connectivity index (χ3v) is 5.01. The maximum atomic E-state index is 12.4. The number of benzene rings is 2. The van der Waals surface area contributed by atoms with E-state index in [1.165, 1.54) is 0 Å². The van der Waals surface area contributed by atoms with Gasteiger partial charge in [-0.3, -0.25) is 4.79 Å². The van der Waals surface area contributed by atoms with Crippen LogP contribution in [0.5, 0.6) is 11.5 Å². The molecule has 0 N–H and O–H groups in total. The molecule has 4 nitrogen and oxygen atoms in total. The Balaban J connectivity index is 1.31. The fourth-order valence-electron chi connectivity index (χ4n) is 3.56. The first-order valence-electron chi connectivity index (χ1n) is 9.21. The molecule has 3 aliphatic rings. The quantitative estimate of drug-likeness (QED) is 0.588. The molecule has 3 saturated heterocycles. The van der Waals surface area contributed by atoms with Gasteiger partial charge in [-0.05, 0) is 48.7 Å². The summed E-state index contributed by atoms with van der Waals surface area (Å²) in [6.07, 6.45) is 4.03. The molecule has 2 aromatic rings. The minimum atomic E-state index is 0.235. The van der Waals surface area contributed by atoms with Crippen molar-refractivity contribution in [2.45, 2.75) is 12.8 Å². The smallest absolute Gasteiger partial charge is 0.182 e. The number of para-hydroxylation sites is 1. The van der Waals surface area contributed by atoms with E-state index in [1.54, 1.807) is 0 Å². The third-order valence-electron chi connectivity index (χ3n) is 5.01. The Bertz CT molecular complexity index is 775. The Kier molecular flexibility index (Phi) is 4.91. The fourth-order valence-corrected chi connectivity index (χ4v) is 3.56. The number of rotatable bonds is 6. The van der Waals surface area contributed by atoms with E-state index in [9.17, 15) is 4.79 Å². The van der Waals surface area contributed by atoms with Gasteiger partial charge in [0, 0.05) is 19.0 Å². The normalized spacial score (nSPS) is 18.4. The SMILES string of the molecule is O=C1/C(=C/c2ccc(OCCOc3ccccc3)cc2)N2CCC1CC2. The van der Waals surface area contributed by atoms with E-state index in [0.29, 0.717) is 19.0 Å². The number of fused-ring (bicyclic) bond motifs is 3. The standard InChI is InChI=1S/C22H23NO3/c24-22-18-10-12-23(13-11-18)21(22)16-17-6-8-20(9-7-17)26-15-14-25-19-4-2-1-3-5-19/h1-9,16,18H,10-15H2/b21-16-. The van der Waals surface area contributed by atoms with Crippen LogP contribution in [0.3, 0.4) is 0 Å². The van der Waals surface area contributed by atoms with Crippen LogP contribution in [0.2, 0.25) is 0 Å². The molecule has 5 rings (SSSR count). The second kappa shape index (κ2) is 7.65. The number of piperidine rings is 3. The summed E-state index contributed by atoms with van der Waals surface area (Å²) in [5, 5.41) is 0. The topological polar surface area (TPSA) is 38.8 Å². The van der Waals surface area contributed by atoms with Crippen molar-refractivity contribution in [2.75, 3.05) is 26.3 Å². The summed E-state index contributed by atoms with van der Waals surface area (Å²) in [5.74, 6) is 2.19. The zero-order valence-corrected chi connectivity index (χ0v) is 14.8. The maximum Gasteiger partial charge on any atom is 0.182 e. The van der Waals surface area contributed by atoms with E-state index in [2.05, 4.69) is 4.90 Å². The van der Waals surface area contributed by atoms with Crippen LogP contribution >= 0.6 is 0 Å². The predicted octanol–water partition coefficient (Wildman–Crippen LogP) is 3.78. The van der Waals surface area contributed by atoms with Crippen molar-refractivity contribution in [1.29, 1.82) is 0 Å². The summed E-state index contributed by atoms with van der Waals surface area (Å²) in [4.78, 5) is 14.6. The Morgan fingerprint density at radius 1 is 0.885 bits per heavy atom. The number of carbonyl (C=O) groups is 1. The zero-order valence-electron chi connectivity index (χ0n) is 14.8. The number of Topliss-reactive ketones (excluding diaryl/α,β-unsaturated/α-hetero) is 1. The highest BCUT2D eigenvalue weighted by atomic mass is 16.5. The highest BCUT2D eigenvalue weighted by Gasteiger charge is 2.36. The van der Waals surface area contributed by atoms with Gasteiger partial charge in [0.15, 0.2) is 5.78 Å². The molecule has 0 unspecified atom stereocenters. The van der Waals surface area contributed by atoms with Gasteiger partial charge in [-0.1, -0.05) is 30.3 Å². The molecule has 0 spiro atoms. The van der Waals surface area contributed by atoms with Gasteiger partial charge in [-0.2, -0.15) is 0 Å². The summed E-state index contributed by atoms with van der Waals surface area (Å²) in [6.45, 7) is 3.00. The summed E-state index contributed by atoms with van der Waals surface area (Å²) in [7, 11) is 0. The van der Waals surface area contributed by atoms with E-state index >= 15 is 0 Å². The first kappa shape index (κ1) is 16.7. The number of hydrogen-bond acceptors (Lipinski definition) is 4. The van der Waals surface area contributed by atoms with Gasteiger partial charge < -0.3 is 14.4 Å². The predicted molar refractivity (Wildman–Crippen MR) is 101 cm³/mol. The molecule has 0 aliphatic carbocycles. The van der Waals surface area contributed by atoms with Gasteiger partial charge in [-0.25, -0.2) is 0 Å². The number of nitrogens with zero attached hydrogens (tertiary/aromatic N) is 1. The third kappa shape index (κ3) is 3.74. The molecule has 0 amide bonds. The number of ketones is 1. The Morgan fingerprint density at radius 3 is 2.12 bits per heavy atom. The molecule has 2 aromatic carbocycles. The lowest BCUT2D eigenvalue weighted by Crippen LogP contribution is -2.45. The molecule has 0 aromatic heterocycles. The van der Waals surface area contributed by atoms with Gasteiger partial charge in [0.2, 0.25) is 0 Å². The van der Waals surface area contributed by atoms with Crippen molar-refractivity contribution in [2.24, 2.45) is 5.92 Å². The van der Waals surface area contributed by atoms with E-state index in [4.69, 9.17) is 9.47 Å². The molecule has 3 aliphatic heterocycles. The molecule has 0 atom stereocenters. The second-order valence-electron chi connectivity index (χ2n) is 6.73. The van der Waals surface area contributed by atoms with Crippen molar-refractivity contribution in [3.63, 3.8) is 0 Å². The Labute approximate surface area is 154 Å². The molecular weight excluding hydrogens is 326 g/mol. The molecule has 2 bridgehead atoms. The largest absolute Gasteiger partial charge is 0.490 e. The second-order valence-corrected chi connectivity index (χ2v) is 6.73. The van der Waals surface area contributed by atoms with Crippen LogP contribution in [0, 0.1) is 5.92 Å². The average Bonchev–Trinajstić information content (AvgIpc) is 2.70. The number of allylic oxidation sites excluding steroid dienone is 1. The van der Waals surface area contributed by atoms with Gasteiger partial charge in [0.1, 0.15) is 24.7 Å². The lowest BCUT2D eigenvalue weighted by atomic mass is 9.84. The molecule has 0 radical (unpaired) electrons. The van der Waals surface area contributed by atoms with Crippen molar-refractivity contribution >= 4 is 11.9 Å². The van der Waals surface area contributed by atoms with Crippen LogP contribution in [0.4, 0.5) is 0 Å². The summed E-state index contributed by atoms with van der Waals surface area (Å²) < 4.78 is 11.3.